The van der Waals surface area contributed by atoms with E-state index < -0.39 is 27.1 Å². The second-order valence-corrected chi connectivity index (χ2v) is 7.09. The molecule has 0 radical (unpaired) electrons. The van der Waals surface area contributed by atoms with E-state index in [9.17, 15) is 29.8 Å². The van der Waals surface area contributed by atoms with Gasteiger partial charge in [-0.05, 0) is 37.1 Å². The van der Waals surface area contributed by atoms with E-state index in [1.807, 2.05) is 0 Å². The topological polar surface area (TPSA) is 144 Å². The van der Waals surface area contributed by atoms with Gasteiger partial charge < -0.3 is 10.6 Å². The van der Waals surface area contributed by atoms with Gasteiger partial charge in [-0.2, -0.15) is 0 Å². The van der Waals surface area contributed by atoms with E-state index in [-0.39, 0.29) is 17.5 Å². The highest BCUT2D eigenvalue weighted by Crippen LogP contribution is 2.24. The molecule has 2 aromatic carbocycles. The predicted octanol–water partition coefficient (Wildman–Crippen LogP) is 3.82. The van der Waals surface area contributed by atoms with Gasteiger partial charge in [-0.15, -0.1) is 0 Å². The highest BCUT2D eigenvalue weighted by atomic mass is 16.6. The highest BCUT2D eigenvalue weighted by molar-refractivity contribution is 6.05. The summed E-state index contributed by atoms with van der Waals surface area (Å²) in [6.45, 7) is 0. The van der Waals surface area contributed by atoms with Gasteiger partial charge in [0.2, 0.25) is 0 Å². The lowest BCUT2D eigenvalue weighted by molar-refractivity contribution is -0.394. The fourth-order valence-electron chi connectivity index (χ4n) is 3.36. The number of hydrogen-bond acceptors (Lipinski definition) is 6. The minimum absolute atomic E-state index is 0.176. The average Bonchev–Trinajstić information content (AvgIpc) is 2.74. The van der Waals surface area contributed by atoms with E-state index in [1.54, 1.807) is 12.1 Å². The number of non-ortho nitro benzene ring substituents is 2. The molecule has 0 spiro atoms. The molecule has 156 valence electrons. The number of anilines is 1. The number of nitrogens with zero attached hydrogens (tertiary/aromatic N) is 2. The van der Waals surface area contributed by atoms with Crippen LogP contribution in [-0.2, 0) is 0 Å². The standard InChI is InChI=1S/C20H20N4O6/c25-19(21-15-4-2-1-3-5-15)13-6-8-16(9-7-13)22-20(26)14-10-17(23(27)28)12-18(11-14)24(29)30/h6-12,15H,1-5H2,(H,21,25)(H,22,26). The van der Waals surface area contributed by atoms with Crippen molar-refractivity contribution in [2.24, 2.45) is 0 Å². The third kappa shape index (κ3) is 5.16. The maximum absolute atomic E-state index is 12.4. The SMILES string of the molecule is O=C(Nc1ccc(C(=O)NC2CCCCC2)cc1)c1cc([N+](=O)[O-])cc([N+](=O)[O-])c1. The summed E-state index contributed by atoms with van der Waals surface area (Å²) in [7, 11) is 0. The smallest absolute Gasteiger partial charge is 0.277 e. The number of rotatable bonds is 6. The van der Waals surface area contributed by atoms with Crippen LogP contribution in [0.1, 0.15) is 52.8 Å². The summed E-state index contributed by atoms with van der Waals surface area (Å²) in [5.74, 6) is -0.921. The van der Waals surface area contributed by atoms with E-state index in [1.165, 1.54) is 18.6 Å². The molecular weight excluding hydrogens is 392 g/mol. The van der Waals surface area contributed by atoms with Gasteiger partial charge in [0, 0.05) is 29.4 Å². The van der Waals surface area contributed by atoms with Crippen LogP contribution < -0.4 is 10.6 Å². The van der Waals surface area contributed by atoms with Gasteiger partial charge in [-0.25, -0.2) is 0 Å². The highest BCUT2D eigenvalue weighted by Gasteiger charge is 2.20. The molecular formula is C20H20N4O6. The molecule has 3 rings (SSSR count). The zero-order valence-electron chi connectivity index (χ0n) is 16.0. The lowest BCUT2D eigenvalue weighted by Crippen LogP contribution is -2.36. The number of carbonyl (C=O) groups is 2. The molecule has 2 N–H and O–H groups in total. The third-order valence-electron chi connectivity index (χ3n) is 4.93. The summed E-state index contributed by atoms with van der Waals surface area (Å²) in [4.78, 5) is 45.1. The molecule has 0 heterocycles. The van der Waals surface area contributed by atoms with Crippen molar-refractivity contribution in [1.29, 1.82) is 0 Å². The van der Waals surface area contributed by atoms with E-state index in [4.69, 9.17) is 0 Å². The second-order valence-electron chi connectivity index (χ2n) is 7.09. The summed E-state index contributed by atoms with van der Waals surface area (Å²) in [6, 6.07) is 9.07. The van der Waals surface area contributed by atoms with Gasteiger partial charge in [0.25, 0.3) is 23.2 Å². The lowest BCUT2D eigenvalue weighted by atomic mass is 9.95. The van der Waals surface area contributed by atoms with Crippen LogP contribution in [0.4, 0.5) is 17.1 Å². The maximum atomic E-state index is 12.4. The van der Waals surface area contributed by atoms with Crippen molar-refractivity contribution in [3.05, 3.63) is 73.8 Å². The van der Waals surface area contributed by atoms with Gasteiger partial charge in [-0.1, -0.05) is 19.3 Å². The molecule has 1 saturated carbocycles. The Balaban J connectivity index is 1.69. The third-order valence-corrected chi connectivity index (χ3v) is 4.93. The molecule has 1 aliphatic carbocycles. The Bertz CT molecular complexity index is 951. The lowest BCUT2D eigenvalue weighted by Gasteiger charge is -2.22. The first kappa shape index (κ1) is 20.9. The number of hydrogen-bond donors (Lipinski definition) is 2. The minimum atomic E-state index is -0.802. The first-order valence-corrected chi connectivity index (χ1v) is 9.49. The van der Waals surface area contributed by atoms with Crippen molar-refractivity contribution < 1.29 is 19.4 Å². The summed E-state index contributed by atoms with van der Waals surface area (Å²) < 4.78 is 0. The Morgan fingerprint density at radius 1 is 0.800 bits per heavy atom. The first-order valence-electron chi connectivity index (χ1n) is 9.49. The van der Waals surface area contributed by atoms with Crippen LogP contribution in [-0.4, -0.2) is 27.7 Å². The minimum Gasteiger partial charge on any atom is -0.349 e. The Morgan fingerprint density at radius 3 is 1.90 bits per heavy atom. The summed E-state index contributed by atoms with van der Waals surface area (Å²) in [6.07, 6.45) is 5.33. The van der Waals surface area contributed by atoms with Crippen molar-refractivity contribution in [3.8, 4) is 0 Å². The number of nitro groups is 2. The largest absolute Gasteiger partial charge is 0.349 e. The predicted molar refractivity (Wildman–Crippen MR) is 108 cm³/mol. The van der Waals surface area contributed by atoms with Crippen LogP contribution in [0.2, 0.25) is 0 Å². The average molecular weight is 412 g/mol. The zero-order valence-corrected chi connectivity index (χ0v) is 16.0. The molecule has 2 aromatic rings. The Kier molecular flexibility index (Phi) is 6.35. The summed E-state index contributed by atoms with van der Waals surface area (Å²) in [5, 5.41) is 27.5. The molecule has 0 unspecified atom stereocenters. The summed E-state index contributed by atoms with van der Waals surface area (Å²) >= 11 is 0. The van der Waals surface area contributed by atoms with Gasteiger partial charge in [0.15, 0.2) is 0 Å². The quantitative estimate of drug-likeness (QED) is 0.545. The summed E-state index contributed by atoms with van der Waals surface area (Å²) in [5.41, 5.74) is -0.517. The number of benzene rings is 2. The van der Waals surface area contributed by atoms with Crippen LogP contribution in [0.15, 0.2) is 42.5 Å². The fraction of sp³-hybridized carbons (Fsp3) is 0.300. The van der Waals surface area contributed by atoms with E-state index in [0.29, 0.717) is 11.3 Å². The van der Waals surface area contributed by atoms with Crippen molar-refractivity contribution in [2.75, 3.05) is 5.32 Å². The first-order chi connectivity index (χ1) is 14.3. The van der Waals surface area contributed by atoms with Crippen molar-refractivity contribution in [3.63, 3.8) is 0 Å². The molecule has 0 aromatic heterocycles. The molecule has 30 heavy (non-hydrogen) atoms. The maximum Gasteiger partial charge on any atom is 0.277 e. The monoisotopic (exact) mass is 412 g/mol. The number of carbonyl (C=O) groups excluding carboxylic acids is 2. The zero-order chi connectivity index (χ0) is 21.7. The van der Waals surface area contributed by atoms with Gasteiger partial charge >= 0.3 is 0 Å². The number of nitrogens with one attached hydrogen (secondary N) is 2. The van der Waals surface area contributed by atoms with Crippen molar-refractivity contribution in [2.45, 2.75) is 38.1 Å². The Hall–Kier alpha value is -3.82. The number of nitro benzene ring substituents is 2. The molecule has 0 saturated heterocycles. The molecule has 2 amide bonds. The second kappa shape index (κ2) is 9.12. The van der Waals surface area contributed by atoms with Crippen LogP contribution in [0.25, 0.3) is 0 Å². The van der Waals surface area contributed by atoms with Gasteiger partial charge in [-0.3, -0.25) is 29.8 Å². The Morgan fingerprint density at radius 2 is 1.37 bits per heavy atom. The van der Waals surface area contributed by atoms with Gasteiger partial charge in [0.1, 0.15) is 0 Å². The van der Waals surface area contributed by atoms with Crippen LogP contribution >= 0.6 is 0 Å². The van der Waals surface area contributed by atoms with Crippen molar-refractivity contribution >= 4 is 28.9 Å². The number of amides is 2. The fourth-order valence-corrected chi connectivity index (χ4v) is 3.36. The van der Waals surface area contributed by atoms with E-state index in [0.717, 1.165) is 43.9 Å². The van der Waals surface area contributed by atoms with Crippen LogP contribution in [0.3, 0.4) is 0 Å². The molecule has 1 fully saturated rings. The molecule has 0 atom stereocenters. The molecule has 10 nitrogen and oxygen atoms in total. The molecule has 0 aliphatic heterocycles. The Labute approximate surface area is 171 Å². The van der Waals surface area contributed by atoms with E-state index >= 15 is 0 Å². The van der Waals surface area contributed by atoms with Crippen LogP contribution in [0.5, 0.6) is 0 Å². The van der Waals surface area contributed by atoms with Gasteiger partial charge in [0.05, 0.1) is 21.5 Å². The van der Waals surface area contributed by atoms with Crippen molar-refractivity contribution in [1.82, 2.24) is 5.32 Å². The normalized spacial score (nSPS) is 14.0. The molecule has 0 bridgehead atoms. The molecule has 10 heteroatoms. The molecule has 1 aliphatic rings. The van der Waals surface area contributed by atoms with Crippen LogP contribution in [0, 0.1) is 20.2 Å². The van der Waals surface area contributed by atoms with E-state index in [2.05, 4.69) is 10.6 Å².